The number of nitrogens with one attached hydrogen (secondary N) is 2. The number of fused-ring (bicyclic) bond motifs is 1. The van der Waals surface area contributed by atoms with Gasteiger partial charge >= 0.3 is 0 Å². The van der Waals surface area contributed by atoms with E-state index in [1.807, 2.05) is 50.2 Å². The van der Waals surface area contributed by atoms with Crippen molar-refractivity contribution in [1.29, 1.82) is 0 Å². The van der Waals surface area contributed by atoms with Crippen LogP contribution in [0.4, 0.5) is 5.69 Å². The van der Waals surface area contributed by atoms with Crippen LogP contribution in [0.3, 0.4) is 0 Å². The Hall–Kier alpha value is -3.22. The molecule has 7 heteroatoms. The van der Waals surface area contributed by atoms with Crippen molar-refractivity contribution in [3.8, 4) is 17.2 Å². The highest BCUT2D eigenvalue weighted by Crippen LogP contribution is 2.34. The van der Waals surface area contributed by atoms with Gasteiger partial charge in [0.05, 0.1) is 32.2 Å². The van der Waals surface area contributed by atoms with Crippen molar-refractivity contribution in [2.75, 3.05) is 25.6 Å². The second kappa shape index (κ2) is 9.12. The highest BCUT2D eigenvalue weighted by molar-refractivity contribution is 5.87. The number of amides is 1. The van der Waals surface area contributed by atoms with Crippen LogP contribution in [0.25, 0.3) is 0 Å². The Labute approximate surface area is 164 Å². The molecule has 2 N–H and O–H groups in total. The lowest BCUT2D eigenvalue weighted by Gasteiger charge is -2.10. The molecule has 1 atom stereocenters. The van der Waals surface area contributed by atoms with Crippen LogP contribution < -0.4 is 25.0 Å². The molecule has 2 aromatic carbocycles. The fourth-order valence-electron chi connectivity index (χ4n) is 3.02. The van der Waals surface area contributed by atoms with Gasteiger partial charge in [-0.2, -0.15) is 5.10 Å². The lowest BCUT2D eigenvalue weighted by Crippen LogP contribution is -2.26. The van der Waals surface area contributed by atoms with Crippen molar-refractivity contribution in [1.82, 2.24) is 5.43 Å². The third kappa shape index (κ3) is 4.73. The van der Waals surface area contributed by atoms with Crippen LogP contribution in [-0.4, -0.2) is 38.5 Å². The minimum atomic E-state index is -0.272. The molecular formula is C21H25N3O4. The summed E-state index contributed by atoms with van der Waals surface area (Å²) in [6.45, 7) is 4.58. The van der Waals surface area contributed by atoms with Gasteiger partial charge in [-0.25, -0.2) is 5.43 Å². The molecule has 1 aliphatic heterocycles. The van der Waals surface area contributed by atoms with E-state index >= 15 is 0 Å². The first-order chi connectivity index (χ1) is 13.6. The average molecular weight is 383 g/mol. The summed E-state index contributed by atoms with van der Waals surface area (Å²) in [6.07, 6.45) is 2.58. The number of hydrogen-bond acceptors (Lipinski definition) is 6. The van der Waals surface area contributed by atoms with Crippen LogP contribution in [0, 0.1) is 0 Å². The van der Waals surface area contributed by atoms with Crippen molar-refractivity contribution in [2.24, 2.45) is 5.10 Å². The number of para-hydroxylation sites is 2. The Bertz CT molecular complexity index is 867. The van der Waals surface area contributed by atoms with Gasteiger partial charge in [0.2, 0.25) is 0 Å². The molecule has 0 bridgehead atoms. The number of methoxy groups -OCH3 is 1. The van der Waals surface area contributed by atoms with Crippen molar-refractivity contribution >= 4 is 17.8 Å². The highest BCUT2D eigenvalue weighted by atomic mass is 16.5. The second-order valence-electron chi connectivity index (χ2n) is 6.41. The third-order valence-corrected chi connectivity index (χ3v) is 4.27. The van der Waals surface area contributed by atoms with E-state index in [9.17, 15) is 4.79 Å². The van der Waals surface area contributed by atoms with E-state index in [1.165, 1.54) is 0 Å². The maximum absolute atomic E-state index is 12.1. The normalized spacial score (nSPS) is 15.0. The molecule has 0 spiro atoms. The van der Waals surface area contributed by atoms with E-state index < -0.39 is 0 Å². The van der Waals surface area contributed by atoms with Gasteiger partial charge in [-0.15, -0.1) is 0 Å². The van der Waals surface area contributed by atoms with E-state index in [-0.39, 0.29) is 18.6 Å². The first kappa shape index (κ1) is 19.5. The number of ether oxygens (including phenoxy) is 3. The smallest absolute Gasteiger partial charge is 0.259 e. The second-order valence-corrected chi connectivity index (χ2v) is 6.41. The van der Waals surface area contributed by atoms with Crippen LogP contribution >= 0.6 is 0 Å². The summed E-state index contributed by atoms with van der Waals surface area (Å²) in [4.78, 5) is 12.1. The number of hydrogen-bond donors (Lipinski definition) is 2. The molecule has 0 aromatic heterocycles. The highest BCUT2D eigenvalue weighted by Gasteiger charge is 2.21. The molecule has 0 saturated carbocycles. The molecule has 2 aromatic rings. The molecule has 1 aliphatic rings. The predicted molar refractivity (Wildman–Crippen MR) is 109 cm³/mol. The van der Waals surface area contributed by atoms with Crippen molar-refractivity contribution in [2.45, 2.75) is 26.4 Å². The van der Waals surface area contributed by atoms with Gasteiger partial charge in [0.15, 0.2) is 0 Å². The topological polar surface area (TPSA) is 81.2 Å². The van der Waals surface area contributed by atoms with Crippen LogP contribution in [0.1, 0.15) is 25.0 Å². The van der Waals surface area contributed by atoms with Gasteiger partial charge in [-0.05, 0) is 38.1 Å². The Morgan fingerprint density at radius 1 is 1.32 bits per heavy atom. The van der Waals surface area contributed by atoms with E-state index in [4.69, 9.17) is 14.2 Å². The number of anilines is 1. The van der Waals surface area contributed by atoms with Gasteiger partial charge in [0.25, 0.3) is 5.91 Å². The SMILES string of the molecule is CCOc1cc2c(cc1/C=N\NC(=O)CNc1ccccc1OC)O[C@H](C)C2. The van der Waals surface area contributed by atoms with E-state index in [0.717, 1.165) is 34.7 Å². The quantitative estimate of drug-likeness (QED) is 0.541. The minimum absolute atomic E-state index is 0.0703. The number of carbonyl (C=O) groups is 1. The van der Waals surface area contributed by atoms with Gasteiger partial charge in [-0.1, -0.05) is 12.1 Å². The number of nitrogens with zero attached hydrogens (tertiary/aromatic N) is 1. The standard InChI is InChI=1S/C21H25N3O4/c1-4-27-19-10-15-9-14(2)28-20(15)11-16(19)12-23-24-21(25)13-22-17-7-5-6-8-18(17)26-3/h5-8,10-12,14,22H,4,9,13H2,1-3H3,(H,24,25)/b23-12-/t14-/m1/s1. The molecule has 0 fully saturated rings. The Kier molecular flexibility index (Phi) is 6.37. The molecule has 1 amide bonds. The summed E-state index contributed by atoms with van der Waals surface area (Å²) in [7, 11) is 1.59. The molecule has 1 heterocycles. The van der Waals surface area contributed by atoms with Crippen LogP contribution in [0.5, 0.6) is 17.2 Å². The molecular weight excluding hydrogens is 358 g/mol. The molecule has 3 rings (SSSR count). The lowest BCUT2D eigenvalue weighted by atomic mass is 10.1. The van der Waals surface area contributed by atoms with Gasteiger partial charge < -0.3 is 19.5 Å². The molecule has 28 heavy (non-hydrogen) atoms. The average Bonchev–Trinajstić information content (AvgIpc) is 3.05. The summed E-state index contributed by atoms with van der Waals surface area (Å²) >= 11 is 0. The fourth-order valence-corrected chi connectivity index (χ4v) is 3.02. The molecule has 0 saturated heterocycles. The fraction of sp³-hybridized carbons (Fsp3) is 0.333. The van der Waals surface area contributed by atoms with Crippen molar-refractivity contribution < 1.29 is 19.0 Å². The first-order valence-corrected chi connectivity index (χ1v) is 9.26. The van der Waals surface area contributed by atoms with E-state index in [0.29, 0.717) is 12.4 Å². The summed E-state index contributed by atoms with van der Waals surface area (Å²) in [5.74, 6) is 1.96. The van der Waals surface area contributed by atoms with Crippen molar-refractivity contribution in [3.63, 3.8) is 0 Å². The maximum atomic E-state index is 12.1. The summed E-state index contributed by atoms with van der Waals surface area (Å²) < 4.78 is 16.7. The summed E-state index contributed by atoms with van der Waals surface area (Å²) in [5.41, 5.74) is 5.14. The Morgan fingerprint density at radius 2 is 2.14 bits per heavy atom. The van der Waals surface area contributed by atoms with Gasteiger partial charge in [-0.3, -0.25) is 4.79 Å². The first-order valence-electron chi connectivity index (χ1n) is 9.26. The largest absolute Gasteiger partial charge is 0.495 e. The zero-order valence-electron chi connectivity index (χ0n) is 16.3. The van der Waals surface area contributed by atoms with Gasteiger partial charge in [0.1, 0.15) is 23.4 Å². The summed E-state index contributed by atoms with van der Waals surface area (Å²) in [6, 6.07) is 11.3. The van der Waals surface area contributed by atoms with E-state index in [1.54, 1.807) is 13.3 Å². The third-order valence-electron chi connectivity index (χ3n) is 4.27. The Morgan fingerprint density at radius 3 is 2.93 bits per heavy atom. The molecule has 0 unspecified atom stereocenters. The van der Waals surface area contributed by atoms with Crippen LogP contribution in [0.2, 0.25) is 0 Å². The Balaban J connectivity index is 1.61. The lowest BCUT2D eigenvalue weighted by molar-refractivity contribution is -0.119. The number of carbonyl (C=O) groups excluding carboxylic acids is 1. The van der Waals surface area contributed by atoms with Crippen molar-refractivity contribution in [3.05, 3.63) is 47.5 Å². The van der Waals surface area contributed by atoms with Gasteiger partial charge in [0, 0.05) is 17.5 Å². The van der Waals surface area contributed by atoms with Crippen LogP contribution in [0.15, 0.2) is 41.5 Å². The summed E-state index contributed by atoms with van der Waals surface area (Å²) in [5, 5.41) is 7.08. The molecule has 0 aliphatic carbocycles. The molecule has 0 radical (unpaired) electrons. The molecule has 7 nitrogen and oxygen atoms in total. The zero-order chi connectivity index (χ0) is 19.9. The zero-order valence-corrected chi connectivity index (χ0v) is 16.3. The predicted octanol–water partition coefficient (Wildman–Crippen LogP) is 2.98. The number of hydrazone groups is 1. The van der Waals surface area contributed by atoms with Crippen LogP contribution in [-0.2, 0) is 11.2 Å². The molecule has 148 valence electrons. The minimum Gasteiger partial charge on any atom is -0.495 e. The number of rotatable bonds is 8. The van der Waals surface area contributed by atoms with E-state index in [2.05, 4.69) is 15.8 Å². The monoisotopic (exact) mass is 383 g/mol. The number of benzene rings is 2. The maximum Gasteiger partial charge on any atom is 0.259 e.